The largest absolute Gasteiger partial charge is 0.320 e. The first-order valence-corrected chi connectivity index (χ1v) is 9.37. The number of aryl methyl sites for hydroxylation is 1. The number of amides is 1. The lowest BCUT2D eigenvalue weighted by atomic mass is 10.1. The van der Waals surface area contributed by atoms with Crippen molar-refractivity contribution in [1.82, 2.24) is 0 Å². The third-order valence-electron chi connectivity index (χ3n) is 3.60. The van der Waals surface area contributed by atoms with Crippen LogP contribution in [0.15, 0.2) is 63.2 Å². The Morgan fingerprint density at radius 2 is 1.83 bits per heavy atom. The highest BCUT2D eigenvalue weighted by atomic mass is 79.9. The quantitative estimate of drug-likeness (QED) is 0.819. The molecule has 1 amide bonds. The maximum absolute atomic E-state index is 12.3. The number of hydrogen-bond acceptors (Lipinski definition) is 4. The van der Waals surface area contributed by atoms with Gasteiger partial charge < -0.3 is 5.32 Å². The van der Waals surface area contributed by atoms with Crippen molar-refractivity contribution < 1.29 is 4.79 Å². The first kappa shape index (κ1) is 16.9. The highest BCUT2D eigenvalue weighted by molar-refractivity contribution is 9.10. The van der Waals surface area contributed by atoms with Gasteiger partial charge in [-0.15, -0.1) is 5.10 Å². The molecule has 0 aromatic heterocycles. The summed E-state index contributed by atoms with van der Waals surface area (Å²) in [5.74, 6) is 0.408. The van der Waals surface area contributed by atoms with Crippen molar-refractivity contribution >= 4 is 50.0 Å². The van der Waals surface area contributed by atoms with E-state index in [9.17, 15) is 4.79 Å². The molecule has 1 N–H and O–H groups in total. The molecule has 1 aliphatic rings. The molecule has 0 spiro atoms. The molecule has 24 heavy (non-hydrogen) atoms. The summed E-state index contributed by atoms with van der Waals surface area (Å²) < 4.78 is 1.02. The molecular weight excluding hydrogens is 386 g/mol. The monoisotopic (exact) mass is 401 g/mol. The van der Waals surface area contributed by atoms with Crippen molar-refractivity contribution in [3.05, 3.63) is 64.1 Å². The molecule has 122 valence electrons. The molecule has 2 aromatic carbocycles. The van der Waals surface area contributed by atoms with Gasteiger partial charge in [0.1, 0.15) is 0 Å². The number of hydrogen-bond donors (Lipinski definition) is 1. The molecule has 0 bridgehead atoms. The van der Waals surface area contributed by atoms with Crippen LogP contribution in [-0.2, 0) is 11.2 Å². The van der Waals surface area contributed by atoms with Crippen molar-refractivity contribution in [2.45, 2.75) is 13.3 Å². The molecule has 0 radical (unpaired) electrons. The normalized spacial score (nSPS) is 13.9. The van der Waals surface area contributed by atoms with E-state index in [1.807, 2.05) is 48.5 Å². The van der Waals surface area contributed by atoms with Crippen LogP contribution in [0.5, 0.6) is 0 Å². The Kier molecular flexibility index (Phi) is 5.48. The Morgan fingerprint density at radius 1 is 1.12 bits per heavy atom. The van der Waals surface area contributed by atoms with Crippen LogP contribution in [0.3, 0.4) is 0 Å². The standard InChI is InChI=1S/C18H16BrN3OS/c1-2-12-3-9-15(10-4-12)20-17(23)18-22-21-16(11-24-18)13-5-7-14(19)8-6-13/h3-10H,2,11H2,1H3,(H,20,23). The van der Waals surface area contributed by atoms with Crippen molar-refractivity contribution in [1.29, 1.82) is 0 Å². The van der Waals surface area contributed by atoms with E-state index in [1.165, 1.54) is 17.3 Å². The molecule has 0 fully saturated rings. The molecule has 0 aliphatic carbocycles. The van der Waals surface area contributed by atoms with E-state index >= 15 is 0 Å². The molecule has 0 saturated heterocycles. The van der Waals surface area contributed by atoms with Gasteiger partial charge in [-0.2, -0.15) is 5.10 Å². The Hall–Kier alpha value is -1.92. The third kappa shape index (κ3) is 4.13. The van der Waals surface area contributed by atoms with Crippen molar-refractivity contribution in [3.8, 4) is 0 Å². The maximum Gasteiger partial charge on any atom is 0.282 e. The minimum absolute atomic E-state index is 0.220. The number of benzene rings is 2. The lowest BCUT2D eigenvalue weighted by Crippen LogP contribution is -2.23. The number of nitrogens with one attached hydrogen (secondary N) is 1. The van der Waals surface area contributed by atoms with Crippen LogP contribution in [0.4, 0.5) is 5.69 Å². The van der Waals surface area contributed by atoms with E-state index in [4.69, 9.17) is 0 Å². The van der Waals surface area contributed by atoms with Crippen LogP contribution < -0.4 is 5.32 Å². The van der Waals surface area contributed by atoms with Crippen LogP contribution in [0.2, 0.25) is 0 Å². The zero-order valence-electron chi connectivity index (χ0n) is 13.1. The van der Waals surface area contributed by atoms with E-state index < -0.39 is 0 Å². The zero-order chi connectivity index (χ0) is 16.9. The first-order chi connectivity index (χ1) is 11.7. The van der Waals surface area contributed by atoms with Gasteiger partial charge in [-0.3, -0.25) is 4.79 Å². The molecule has 4 nitrogen and oxygen atoms in total. The van der Waals surface area contributed by atoms with E-state index in [2.05, 4.69) is 38.4 Å². The van der Waals surface area contributed by atoms with Gasteiger partial charge in [0.05, 0.1) is 5.71 Å². The van der Waals surface area contributed by atoms with Crippen LogP contribution in [0.1, 0.15) is 18.1 Å². The number of rotatable bonds is 4. The van der Waals surface area contributed by atoms with Crippen LogP contribution in [0.25, 0.3) is 0 Å². The number of thioether (sulfide) groups is 1. The maximum atomic E-state index is 12.3. The van der Waals surface area contributed by atoms with Gasteiger partial charge in [0.2, 0.25) is 0 Å². The summed E-state index contributed by atoms with van der Waals surface area (Å²) in [6.45, 7) is 2.10. The number of halogens is 1. The summed E-state index contributed by atoms with van der Waals surface area (Å²) in [4.78, 5) is 12.3. The third-order valence-corrected chi connectivity index (χ3v) is 5.09. The van der Waals surface area contributed by atoms with E-state index in [0.717, 1.165) is 27.9 Å². The van der Waals surface area contributed by atoms with Crippen LogP contribution in [0, 0.1) is 0 Å². The number of anilines is 1. The Morgan fingerprint density at radius 3 is 2.42 bits per heavy atom. The minimum atomic E-state index is -0.220. The highest BCUT2D eigenvalue weighted by Gasteiger charge is 2.18. The van der Waals surface area contributed by atoms with Gasteiger partial charge in [-0.05, 0) is 41.8 Å². The molecule has 0 saturated carbocycles. The fraction of sp³-hybridized carbons (Fsp3) is 0.167. The van der Waals surface area contributed by atoms with Gasteiger partial charge in [0, 0.05) is 15.9 Å². The topological polar surface area (TPSA) is 53.8 Å². The van der Waals surface area contributed by atoms with Gasteiger partial charge in [0.15, 0.2) is 5.04 Å². The van der Waals surface area contributed by atoms with Gasteiger partial charge >= 0.3 is 0 Å². The summed E-state index contributed by atoms with van der Waals surface area (Å²) >= 11 is 4.81. The summed E-state index contributed by atoms with van der Waals surface area (Å²) in [6, 6.07) is 15.7. The number of carbonyl (C=O) groups is 1. The minimum Gasteiger partial charge on any atom is -0.320 e. The van der Waals surface area contributed by atoms with Gasteiger partial charge in [-0.1, -0.05) is 58.9 Å². The SMILES string of the molecule is CCc1ccc(NC(=O)C2=NN=C(c3ccc(Br)cc3)CS2)cc1. The Balaban J connectivity index is 1.68. The molecule has 1 heterocycles. The second-order valence-corrected chi connectivity index (χ2v) is 7.13. The Bertz CT molecular complexity index is 798. The lowest BCUT2D eigenvalue weighted by molar-refractivity contribution is -0.110. The van der Waals surface area contributed by atoms with Crippen LogP contribution >= 0.6 is 27.7 Å². The fourth-order valence-electron chi connectivity index (χ4n) is 2.20. The molecule has 6 heteroatoms. The molecule has 2 aromatic rings. The van der Waals surface area contributed by atoms with Crippen LogP contribution in [-0.4, -0.2) is 22.4 Å². The van der Waals surface area contributed by atoms with Gasteiger partial charge in [-0.25, -0.2) is 0 Å². The summed E-state index contributed by atoms with van der Waals surface area (Å²) in [7, 11) is 0. The number of nitrogens with zero attached hydrogens (tertiary/aromatic N) is 2. The smallest absolute Gasteiger partial charge is 0.282 e. The second-order valence-electron chi connectivity index (χ2n) is 5.25. The Labute approximate surface area is 153 Å². The van der Waals surface area contributed by atoms with E-state index in [0.29, 0.717) is 10.8 Å². The summed E-state index contributed by atoms with van der Waals surface area (Å²) in [5, 5.41) is 11.5. The van der Waals surface area contributed by atoms with E-state index in [1.54, 1.807) is 0 Å². The lowest BCUT2D eigenvalue weighted by Gasteiger charge is -2.12. The molecule has 0 unspecified atom stereocenters. The predicted molar refractivity (Wildman–Crippen MR) is 105 cm³/mol. The second kappa shape index (κ2) is 7.77. The van der Waals surface area contributed by atoms with Gasteiger partial charge in [0.25, 0.3) is 5.91 Å². The first-order valence-electron chi connectivity index (χ1n) is 7.59. The van der Waals surface area contributed by atoms with Crippen molar-refractivity contribution in [3.63, 3.8) is 0 Å². The predicted octanol–water partition coefficient (Wildman–Crippen LogP) is 4.50. The molecular formula is C18H16BrN3OS. The highest BCUT2D eigenvalue weighted by Crippen LogP contribution is 2.19. The average molecular weight is 402 g/mol. The zero-order valence-corrected chi connectivity index (χ0v) is 15.5. The number of carbonyl (C=O) groups excluding carboxylic acids is 1. The van der Waals surface area contributed by atoms with E-state index in [-0.39, 0.29) is 5.91 Å². The summed E-state index contributed by atoms with van der Waals surface area (Å²) in [5.41, 5.74) is 3.89. The van der Waals surface area contributed by atoms with Crippen molar-refractivity contribution in [2.75, 3.05) is 11.1 Å². The molecule has 3 rings (SSSR count). The van der Waals surface area contributed by atoms with Crippen molar-refractivity contribution in [2.24, 2.45) is 10.2 Å². The summed E-state index contributed by atoms with van der Waals surface area (Å²) in [6.07, 6.45) is 0.977. The fourth-order valence-corrected chi connectivity index (χ4v) is 3.25. The molecule has 0 atom stereocenters. The molecule has 1 aliphatic heterocycles. The average Bonchev–Trinajstić information content (AvgIpc) is 2.63.